The molecule has 5 aromatic heterocycles. The van der Waals surface area contributed by atoms with Crippen LogP contribution >= 0.6 is 0 Å². The van der Waals surface area contributed by atoms with Crippen molar-refractivity contribution in [3.8, 4) is 0 Å². The van der Waals surface area contributed by atoms with Crippen molar-refractivity contribution in [3.63, 3.8) is 0 Å². The molecule has 8 aromatic rings. The van der Waals surface area contributed by atoms with Crippen LogP contribution in [0.2, 0.25) is 0 Å². The van der Waals surface area contributed by atoms with E-state index in [9.17, 15) is 0 Å². The van der Waals surface area contributed by atoms with Gasteiger partial charge < -0.3 is 8.83 Å². The number of nitrogens with zero attached hydrogens (tertiary/aromatic N) is 3. The Labute approximate surface area is 174 Å². The molecule has 0 saturated heterocycles. The van der Waals surface area contributed by atoms with Gasteiger partial charge in [-0.2, -0.15) is 0 Å². The second kappa shape index (κ2) is 5.21. The van der Waals surface area contributed by atoms with Crippen molar-refractivity contribution >= 4 is 71.3 Å². The zero-order chi connectivity index (χ0) is 20.1. The molecule has 0 atom stereocenters. The summed E-state index contributed by atoms with van der Waals surface area (Å²) < 4.78 is 14.7. The third-order valence-electron chi connectivity index (χ3n) is 6.31. The lowest BCUT2D eigenvalue weighted by Crippen LogP contribution is -1.92. The highest BCUT2D eigenvalue weighted by Gasteiger charge is 2.20. The third-order valence-corrected chi connectivity index (χ3v) is 6.31. The van der Waals surface area contributed by atoms with Crippen LogP contribution in [0.15, 0.2) is 88.1 Å². The molecule has 0 N–H and O–H groups in total. The number of benzene rings is 3. The quantitative estimate of drug-likeness (QED) is 0.262. The fraction of sp³-hybridized carbons (Fsp3) is 0. The molecule has 0 saturated carbocycles. The molecule has 0 fully saturated rings. The van der Waals surface area contributed by atoms with Gasteiger partial charge in [-0.3, -0.25) is 9.38 Å². The highest BCUT2D eigenvalue weighted by atomic mass is 16.4. The van der Waals surface area contributed by atoms with E-state index in [-0.39, 0.29) is 0 Å². The van der Waals surface area contributed by atoms with Gasteiger partial charge in [-0.25, -0.2) is 4.98 Å². The minimum atomic E-state index is 0.769. The first kappa shape index (κ1) is 15.5. The maximum Gasteiger partial charge on any atom is 0.178 e. The fourth-order valence-corrected chi connectivity index (χ4v) is 5.02. The molecule has 3 aromatic carbocycles. The summed E-state index contributed by atoms with van der Waals surface area (Å²) in [6.45, 7) is 0. The summed E-state index contributed by atoms with van der Waals surface area (Å²) >= 11 is 0. The molecule has 5 heteroatoms. The normalized spacial score (nSPS) is 12.5. The van der Waals surface area contributed by atoms with E-state index in [1.807, 2.05) is 48.9 Å². The van der Waals surface area contributed by atoms with Crippen molar-refractivity contribution in [1.29, 1.82) is 0 Å². The molecular formula is C26H13N3O2. The zero-order valence-corrected chi connectivity index (χ0v) is 16.2. The van der Waals surface area contributed by atoms with Gasteiger partial charge in [-0.05, 0) is 42.5 Å². The van der Waals surface area contributed by atoms with Crippen LogP contribution in [0.3, 0.4) is 0 Å². The van der Waals surface area contributed by atoms with Gasteiger partial charge in [-0.15, -0.1) is 0 Å². The molecule has 5 nitrogen and oxygen atoms in total. The van der Waals surface area contributed by atoms with E-state index in [4.69, 9.17) is 13.8 Å². The van der Waals surface area contributed by atoms with Crippen LogP contribution in [-0.4, -0.2) is 14.4 Å². The Bertz CT molecular complexity index is 2010. The Morgan fingerprint density at radius 1 is 0.613 bits per heavy atom. The fourth-order valence-electron chi connectivity index (χ4n) is 5.02. The molecule has 31 heavy (non-hydrogen) atoms. The van der Waals surface area contributed by atoms with E-state index >= 15 is 0 Å². The lowest BCUT2D eigenvalue weighted by Gasteiger charge is -2.08. The van der Waals surface area contributed by atoms with E-state index in [1.165, 1.54) is 0 Å². The van der Waals surface area contributed by atoms with Crippen LogP contribution in [0.1, 0.15) is 0 Å². The number of hydrogen-bond donors (Lipinski definition) is 0. The maximum atomic E-state index is 6.40. The van der Waals surface area contributed by atoms with E-state index in [0.717, 1.165) is 71.3 Å². The van der Waals surface area contributed by atoms with Gasteiger partial charge in [-0.1, -0.05) is 18.2 Å². The van der Waals surface area contributed by atoms with Crippen LogP contribution in [0, 0.1) is 0 Å². The van der Waals surface area contributed by atoms with Gasteiger partial charge in [0.2, 0.25) is 0 Å². The summed E-state index contributed by atoms with van der Waals surface area (Å²) in [7, 11) is 0. The Morgan fingerprint density at radius 3 is 2.45 bits per heavy atom. The summed E-state index contributed by atoms with van der Waals surface area (Å²) in [5, 5.41) is 6.32. The summed E-state index contributed by atoms with van der Waals surface area (Å²) in [4.78, 5) is 9.33. The summed E-state index contributed by atoms with van der Waals surface area (Å²) in [6, 6.07) is 20.5. The SMILES string of the molecule is c1ccc2c(c1)oc1c2ccc2c1oc1ccc3c(c4ncccc4c4nccn34)c12. The van der Waals surface area contributed by atoms with E-state index in [2.05, 4.69) is 39.7 Å². The predicted molar refractivity (Wildman–Crippen MR) is 123 cm³/mol. The summed E-state index contributed by atoms with van der Waals surface area (Å²) in [5.41, 5.74) is 6.12. The molecule has 0 aliphatic carbocycles. The molecule has 144 valence electrons. The van der Waals surface area contributed by atoms with Gasteiger partial charge in [0.25, 0.3) is 0 Å². The van der Waals surface area contributed by atoms with Crippen LogP contribution in [0.25, 0.3) is 71.3 Å². The molecule has 0 aliphatic heterocycles. The minimum Gasteiger partial charge on any atom is -0.452 e. The number of para-hydroxylation sites is 1. The number of furan rings is 2. The number of hydrogen-bond acceptors (Lipinski definition) is 4. The molecule has 5 heterocycles. The smallest absolute Gasteiger partial charge is 0.178 e. The van der Waals surface area contributed by atoms with Crippen molar-refractivity contribution in [3.05, 3.63) is 79.3 Å². The first-order chi connectivity index (χ1) is 15.4. The van der Waals surface area contributed by atoms with Crippen LogP contribution in [0.5, 0.6) is 0 Å². The molecule has 0 bridgehead atoms. The maximum absolute atomic E-state index is 6.40. The van der Waals surface area contributed by atoms with E-state index in [1.54, 1.807) is 0 Å². The third kappa shape index (κ3) is 1.78. The molecule has 0 amide bonds. The molecule has 0 spiro atoms. The topological polar surface area (TPSA) is 56.5 Å². The standard InChI is InChI=1S/C26H13N3O2/c1-2-6-19-14(4-1)15-7-8-16-21-20(31-25(16)24(15)30-19)10-9-18-22(21)23-17(5-3-11-27-23)26-28-12-13-29(18)26/h1-13H. The first-order valence-corrected chi connectivity index (χ1v) is 10.2. The average Bonchev–Trinajstić information content (AvgIpc) is 3.53. The Morgan fingerprint density at radius 2 is 1.45 bits per heavy atom. The molecule has 0 radical (unpaired) electrons. The number of imidazole rings is 1. The molecule has 8 rings (SSSR count). The van der Waals surface area contributed by atoms with Crippen LogP contribution in [-0.2, 0) is 0 Å². The number of fused-ring (bicyclic) bond motifs is 14. The first-order valence-electron chi connectivity index (χ1n) is 10.2. The largest absolute Gasteiger partial charge is 0.452 e. The zero-order valence-electron chi connectivity index (χ0n) is 16.2. The number of pyridine rings is 2. The van der Waals surface area contributed by atoms with Gasteiger partial charge in [0.1, 0.15) is 16.8 Å². The monoisotopic (exact) mass is 399 g/mol. The molecule has 0 aliphatic rings. The van der Waals surface area contributed by atoms with Gasteiger partial charge in [0.15, 0.2) is 11.2 Å². The highest BCUT2D eigenvalue weighted by molar-refractivity contribution is 6.29. The minimum absolute atomic E-state index is 0.769. The van der Waals surface area contributed by atoms with Crippen molar-refractivity contribution in [2.45, 2.75) is 0 Å². The summed E-state index contributed by atoms with van der Waals surface area (Å²) in [6.07, 6.45) is 5.66. The predicted octanol–water partition coefficient (Wildman–Crippen LogP) is 6.83. The number of rotatable bonds is 0. The average molecular weight is 399 g/mol. The lowest BCUT2D eigenvalue weighted by molar-refractivity contribution is 0.633. The number of aromatic nitrogens is 3. The van der Waals surface area contributed by atoms with Crippen LogP contribution in [0.4, 0.5) is 0 Å². The Hall–Kier alpha value is -4.38. The summed E-state index contributed by atoms with van der Waals surface area (Å²) in [5.74, 6) is 0. The van der Waals surface area contributed by atoms with Crippen molar-refractivity contribution < 1.29 is 8.83 Å². The van der Waals surface area contributed by atoms with Gasteiger partial charge in [0, 0.05) is 50.9 Å². The van der Waals surface area contributed by atoms with E-state index in [0.29, 0.717) is 0 Å². The van der Waals surface area contributed by atoms with Gasteiger partial charge in [0.05, 0.1) is 11.0 Å². The van der Waals surface area contributed by atoms with Crippen molar-refractivity contribution in [1.82, 2.24) is 14.4 Å². The van der Waals surface area contributed by atoms with Crippen molar-refractivity contribution in [2.75, 3.05) is 0 Å². The second-order valence-corrected chi connectivity index (χ2v) is 7.87. The molecule has 0 unspecified atom stereocenters. The Balaban J connectivity index is 1.68. The van der Waals surface area contributed by atoms with E-state index < -0.39 is 0 Å². The van der Waals surface area contributed by atoms with Crippen LogP contribution < -0.4 is 0 Å². The lowest BCUT2D eigenvalue weighted by atomic mass is 10.0. The second-order valence-electron chi connectivity index (χ2n) is 7.87. The van der Waals surface area contributed by atoms with Gasteiger partial charge >= 0.3 is 0 Å². The molecular weight excluding hydrogens is 386 g/mol. The van der Waals surface area contributed by atoms with Crippen molar-refractivity contribution in [2.24, 2.45) is 0 Å². The Kier molecular flexibility index (Phi) is 2.60. The highest BCUT2D eigenvalue weighted by Crippen LogP contribution is 2.42.